The Balaban J connectivity index is 1.90. The van der Waals surface area contributed by atoms with Crippen LogP contribution in [0.15, 0.2) is 18.5 Å². The molecule has 2 heterocycles. The van der Waals surface area contributed by atoms with Gasteiger partial charge in [-0.25, -0.2) is 18.4 Å². The lowest BCUT2D eigenvalue weighted by molar-refractivity contribution is 0.119. The number of pyridine rings is 2. The number of halogens is 1. The maximum absolute atomic E-state index is 11.5. The predicted molar refractivity (Wildman–Crippen MR) is 92.1 cm³/mol. The van der Waals surface area contributed by atoms with Gasteiger partial charge in [0.05, 0.1) is 16.7 Å². The van der Waals surface area contributed by atoms with Crippen LogP contribution in [0.3, 0.4) is 0 Å². The van der Waals surface area contributed by atoms with E-state index in [1.807, 2.05) is 6.92 Å². The first kappa shape index (κ1) is 17.4. The van der Waals surface area contributed by atoms with Gasteiger partial charge >= 0.3 is 0 Å². The third-order valence-corrected chi connectivity index (χ3v) is 6.22. The maximum atomic E-state index is 11.5. The van der Waals surface area contributed by atoms with E-state index in [1.165, 1.54) is 6.26 Å². The molecule has 0 amide bonds. The lowest BCUT2D eigenvalue weighted by Gasteiger charge is -2.33. The van der Waals surface area contributed by atoms with Crippen LogP contribution in [0.5, 0.6) is 5.88 Å². The number of ether oxygens (including phenoxy) is 1. The smallest absolute Gasteiger partial charge is 0.223 e. The van der Waals surface area contributed by atoms with E-state index >= 15 is 0 Å². The van der Waals surface area contributed by atoms with Crippen molar-refractivity contribution in [1.29, 1.82) is 0 Å². The number of aromatic nitrogens is 2. The SMILES string of the molecule is CC[C@@H](O)c1cnc(OC2CC(S(C)(=O)=O)C2)c2cnc(Cl)cc12. The Kier molecular flexibility index (Phi) is 4.68. The Morgan fingerprint density at radius 1 is 1.33 bits per heavy atom. The van der Waals surface area contributed by atoms with Crippen LogP contribution in [0.4, 0.5) is 0 Å². The van der Waals surface area contributed by atoms with Crippen LogP contribution in [0.1, 0.15) is 37.9 Å². The molecule has 8 heteroatoms. The fourth-order valence-electron chi connectivity index (χ4n) is 2.81. The van der Waals surface area contributed by atoms with E-state index in [2.05, 4.69) is 9.97 Å². The Morgan fingerprint density at radius 3 is 2.67 bits per heavy atom. The van der Waals surface area contributed by atoms with Crippen LogP contribution < -0.4 is 4.74 Å². The molecule has 1 saturated carbocycles. The van der Waals surface area contributed by atoms with Gasteiger partial charge in [-0.05, 0) is 17.9 Å². The first-order valence-electron chi connectivity index (χ1n) is 7.77. The third-order valence-electron chi connectivity index (χ3n) is 4.41. The molecule has 6 nitrogen and oxygen atoms in total. The molecule has 0 radical (unpaired) electrons. The van der Waals surface area contributed by atoms with Crippen LogP contribution in [0.25, 0.3) is 10.8 Å². The largest absolute Gasteiger partial charge is 0.474 e. The Labute approximate surface area is 145 Å². The summed E-state index contributed by atoms with van der Waals surface area (Å²) in [7, 11) is -3.02. The zero-order chi connectivity index (χ0) is 17.5. The van der Waals surface area contributed by atoms with Crippen molar-refractivity contribution in [3.05, 3.63) is 29.2 Å². The molecule has 0 aliphatic heterocycles. The van der Waals surface area contributed by atoms with Crippen molar-refractivity contribution in [2.24, 2.45) is 0 Å². The molecule has 1 atom stereocenters. The molecule has 0 bridgehead atoms. The van der Waals surface area contributed by atoms with Crippen molar-refractivity contribution in [1.82, 2.24) is 9.97 Å². The second-order valence-electron chi connectivity index (χ2n) is 6.16. The monoisotopic (exact) mass is 370 g/mol. The normalized spacial score (nSPS) is 22.2. The molecule has 1 aliphatic carbocycles. The molecule has 3 rings (SSSR count). The predicted octanol–water partition coefficient (Wildman–Crippen LogP) is 2.68. The number of rotatable bonds is 5. The third kappa shape index (κ3) is 3.34. The highest BCUT2D eigenvalue weighted by Gasteiger charge is 2.38. The topological polar surface area (TPSA) is 89.4 Å². The van der Waals surface area contributed by atoms with Gasteiger partial charge in [-0.2, -0.15) is 0 Å². The average Bonchev–Trinajstić information content (AvgIpc) is 2.47. The van der Waals surface area contributed by atoms with Gasteiger partial charge in [0.25, 0.3) is 0 Å². The molecule has 1 fully saturated rings. The van der Waals surface area contributed by atoms with Crippen molar-refractivity contribution in [2.45, 2.75) is 43.6 Å². The van der Waals surface area contributed by atoms with E-state index < -0.39 is 15.9 Å². The van der Waals surface area contributed by atoms with Crippen molar-refractivity contribution in [3.63, 3.8) is 0 Å². The van der Waals surface area contributed by atoms with Crippen LogP contribution in [0, 0.1) is 0 Å². The van der Waals surface area contributed by atoms with Gasteiger partial charge in [-0.1, -0.05) is 18.5 Å². The lowest BCUT2D eigenvalue weighted by Crippen LogP contribution is -2.42. The molecular formula is C16H19ClN2O4S. The van der Waals surface area contributed by atoms with Gasteiger partial charge in [0.1, 0.15) is 11.3 Å². The van der Waals surface area contributed by atoms with Gasteiger partial charge in [-0.3, -0.25) is 0 Å². The summed E-state index contributed by atoms with van der Waals surface area (Å²) < 4.78 is 28.8. The highest BCUT2D eigenvalue weighted by molar-refractivity contribution is 7.91. The quantitative estimate of drug-likeness (QED) is 0.814. The van der Waals surface area contributed by atoms with Crippen LogP contribution >= 0.6 is 11.6 Å². The van der Waals surface area contributed by atoms with Gasteiger partial charge in [0.15, 0.2) is 9.84 Å². The molecular weight excluding hydrogens is 352 g/mol. The summed E-state index contributed by atoms with van der Waals surface area (Å²) >= 11 is 5.98. The van der Waals surface area contributed by atoms with E-state index in [0.717, 1.165) is 5.39 Å². The molecule has 1 aliphatic rings. The molecule has 0 spiro atoms. The highest BCUT2D eigenvalue weighted by atomic mass is 35.5. The summed E-state index contributed by atoms with van der Waals surface area (Å²) in [5.41, 5.74) is 0.673. The number of fused-ring (bicyclic) bond motifs is 1. The summed E-state index contributed by atoms with van der Waals surface area (Å²) in [4.78, 5) is 8.37. The molecule has 0 saturated heterocycles. The summed E-state index contributed by atoms with van der Waals surface area (Å²) in [5.74, 6) is 0.387. The lowest BCUT2D eigenvalue weighted by atomic mass is 9.95. The molecule has 0 aromatic carbocycles. The number of nitrogens with zero attached hydrogens (tertiary/aromatic N) is 2. The molecule has 2 aromatic heterocycles. The van der Waals surface area contributed by atoms with Crippen LogP contribution in [0.2, 0.25) is 5.15 Å². The molecule has 1 N–H and O–H groups in total. The van der Waals surface area contributed by atoms with Gasteiger partial charge in [0, 0.05) is 37.1 Å². The standard InChI is InChI=1S/C16H19ClN2O4S/c1-3-14(20)12-7-19-16(13-8-18-15(17)6-11(12)13)23-9-4-10(5-9)24(2,21)22/h6-10,14,20H,3-5H2,1-2H3/t9?,10?,14-/m1/s1. The fraction of sp³-hybridized carbons (Fsp3) is 0.500. The maximum Gasteiger partial charge on any atom is 0.223 e. The van der Waals surface area contributed by atoms with E-state index in [4.69, 9.17) is 16.3 Å². The van der Waals surface area contributed by atoms with Crippen molar-refractivity contribution in [2.75, 3.05) is 6.26 Å². The summed E-state index contributed by atoms with van der Waals surface area (Å²) in [6.07, 6.45) is 5.03. The van der Waals surface area contributed by atoms with E-state index in [1.54, 1.807) is 18.5 Å². The zero-order valence-electron chi connectivity index (χ0n) is 13.4. The van der Waals surface area contributed by atoms with Crippen molar-refractivity contribution >= 4 is 32.2 Å². The summed E-state index contributed by atoms with van der Waals surface area (Å²) in [6.45, 7) is 1.88. The minimum Gasteiger partial charge on any atom is -0.474 e. The number of sulfone groups is 1. The second kappa shape index (κ2) is 6.46. The minimum atomic E-state index is -3.02. The average molecular weight is 371 g/mol. The number of hydrogen-bond donors (Lipinski definition) is 1. The van der Waals surface area contributed by atoms with Crippen LogP contribution in [-0.2, 0) is 9.84 Å². The number of aliphatic hydroxyl groups excluding tert-OH is 1. The van der Waals surface area contributed by atoms with Gasteiger partial charge in [-0.15, -0.1) is 0 Å². The minimum absolute atomic E-state index is 0.182. The molecule has 24 heavy (non-hydrogen) atoms. The van der Waals surface area contributed by atoms with Crippen LogP contribution in [-0.4, -0.2) is 41.1 Å². The van der Waals surface area contributed by atoms with E-state index in [9.17, 15) is 13.5 Å². The zero-order valence-corrected chi connectivity index (χ0v) is 15.0. The summed E-state index contributed by atoms with van der Waals surface area (Å²) in [5, 5.41) is 11.5. The first-order valence-corrected chi connectivity index (χ1v) is 10.1. The van der Waals surface area contributed by atoms with E-state index in [-0.39, 0.29) is 11.4 Å². The van der Waals surface area contributed by atoms with Crippen molar-refractivity contribution < 1.29 is 18.3 Å². The molecule has 0 unspecified atom stereocenters. The second-order valence-corrected chi connectivity index (χ2v) is 8.87. The number of hydrogen-bond acceptors (Lipinski definition) is 6. The van der Waals surface area contributed by atoms with Gasteiger partial charge < -0.3 is 9.84 Å². The molecule has 130 valence electrons. The number of aliphatic hydroxyl groups is 1. The Morgan fingerprint density at radius 2 is 2.04 bits per heavy atom. The summed E-state index contributed by atoms with van der Waals surface area (Å²) in [6, 6.07) is 1.68. The van der Waals surface area contributed by atoms with Gasteiger partial charge in [0.2, 0.25) is 5.88 Å². The highest BCUT2D eigenvalue weighted by Crippen LogP contribution is 2.35. The van der Waals surface area contributed by atoms with Crippen molar-refractivity contribution in [3.8, 4) is 5.88 Å². The van der Waals surface area contributed by atoms with E-state index in [0.29, 0.717) is 41.2 Å². The first-order chi connectivity index (χ1) is 11.3. The Hall–Kier alpha value is -1.44. The molecule has 2 aromatic rings. The fourth-order valence-corrected chi connectivity index (χ4v) is 4.09. The Bertz CT molecular complexity index is 866.